The van der Waals surface area contributed by atoms with Crippen molar-refractivity contribution in [1.82, 2.24) is 0 Å². The van der Waals surface area contributed by atoms with Crippen LogP contribution in [-0.4, -0.2) is 11.8 Å². The Morgan fingerprint density at radius 1 is 0.955 bits per heavy atom. The van der Waals surface area contributed by atoms with E-state index in [0.717, 1.165) is 5.69 Å². The van der Waals surface area contributed by atoms with Crippen molar-refractivity contribution in [2.45, 2.75) is 5.92 Å². The van der Waals surface area contributed by atoms with Crippen LogP contribution in [0.25, 0.3) is 0 Å². The molecule has 112 valence electrons. The number of benzene rings is 2. The van der Waals surface area contributed by atoms with Gasteiger partial charge in [-0.1, -0.05) is 43.0 Å². The number of hydrogen-bond acceptors (Lipinski definition) is 3. The van der Waals surface area contributed by atoms with Crippen LogP contribution in [-0.2, 0) is 9.59 Å². The molecular weight excluding hydrogens is 278 g/mol. The highest BCUT2D eigenvalue weighted by molar-refractivity contribution is 6.02. The minimum absolute atomic E-state index is 0.0326. The van der Waals surface area contributed by atoms with Crippen molar-refractivity contribution in [2.24, 2.45) is 11.5 Å². The number of rotatable bonds is 6. The molecular formula is C17H17N3O2. The highest BCUT2D eigenvalue weighted by atomic mass is 16.2. The Bertz CT molecular complexity index is 711. The van der Waals surface area contributed by atoms with Gasteiger partial charge in [0.25, 0.3) is 0 Å². The van der Waals surface area contributed by atoms with Crippen LogP contribution in [0.4, 0.5) is 11.4 Å². The molecule has 2 rings (SSSR count). The molecule has 0 bridgehead atoms. The first-order chi connectivity index (χ1) is 10.5. The second-order valence-corrected chi connectivity index (χ2v) is 4.80. The van der Waals surface area contributed by atoms with Gasteiger partial charge >= 0.3 is 0 Å². The maximum Gasteiger partial charge on any atom is 0.245 e. The molecule has 0 fully saturated rings. The first kappa shape index (κ1) is 15.3. The number of amides is 2. The molecule has 2 aromatic carbocycles. The number of carbonyl (C=O) groups is 2. The van der Waals surface area contributed by atoms with E-state index in [2.05, 4.69) is 11.9 Å². The van der Waals surface area contributed by atoms with E-state index in [1.165, 1.54) is 0 Å². The standard InChI is InChI=1S/C17H17N3O2/c1-11(16(18)21)15(17(19)22)13-9-5-6-10-14(13)20-12-7-3-2-4-8-12/h2-10,15,20H,1H2,(H2,18,21)(H2,19,22). The second kappa shape index (κ2) is 6.58. The Hall–Kier alpha value is -3.08. The first-order valence-corrected chi connectivity index (χ1v) is 6.69. The molecule has 0 saturated heterocycles. The van der Waals surface area contributed by atoms with E-state index in [0.29, 0.717) is 11.3 Å². The van der Waals surface area contributed by atoms with E-state index in [4.69, 9.17) is 11.5 Å². The quantitative estimate of drug-likeness (QED) is 0.711. The average molecular weight is 295 g/mol. The van der Waals surface area contributed by atoms with Crippen LogP contribution in [0.1, 0.15) is 11.5 Å². The molecule has 0 aliphatic carbocycles. The number of anilines is 2. The minimum Gasteiger partial charge on any atom is -0.369 e. The zero-order chi connectivity index (χ0) is 16.1. The van der Waals surface area contributed by atoms with Crippen LogP contribution in [0.15, 0.2) is 66.7 Å². The fourth-order valence-electron chi connectivity index (χ4n) is 2.19. The summed E-state index contributed by atoms with van der Waals surface area (Å²) < 4.78 is 0. The molecule has 5 heteroatoms. The number of primary amides is 2. The maximum absolute atomic E-state index is 11.8. The van der Waals surface area contributed by atoms with Gasteiger partial charge in [-0.3, -0.25) is 9.59 Å². The molecule has 0 saturated carbocycles. The van der Waals surface area contributed by atoms with Gasteiger partial charge in [-0.25, -0.2) is 0 Å². The SMILES string of the molecule is C=C(C(N)=O)C(C(N)=O)c1ccccc1Nc1ccccc1. The zero-order valence-electron chi connectivity index (χ0n) is 12.0. The van der Waals surface area contributed by atoms with Gasteiger partial charge in [-0.2, -0.15) is 0 Å². The van der Waals surface area contributed by atoms with Crippen molar-refractivity contribution in [3.63, 3.8) is 0 Å². The number of nitrogens with one attached hydrogen (secondary N) is 1. The predicted octanol–water partition coefficient (Wildman–Crippen LogP) is 2.04. The van der Waals surface area contributed by atoms with Crippen LogP contribution in [0.5, 0.6) is 0 Å². The summed E-state index contributed by atoms with van der Waals surface area (Å²) in [6, 6.07) is 16.5. The summed E-state index contributed by atoms with van der Waals surface area (Å²) in [5.41, 5.74) is 12.7. The summed E-state index contributed by atoms with van der Waals surface area (Å²) >= 11 is 0. The molecule has 0 heterocycles. The smallest absolute Gasteiger partial charge is 0.245 e. The van der Waals surface area contributed by atoms with Crippen molar-refractivity contribution in [3.05, 3.63) is 72.3 Å². The van der Waals surface area contributed by atoms with E-state index in [1.807, 2.05) is 36.4 Å². The lowest BCUT2D eigenvalue weighted by atomic mass is 9.89. The van der Waals surface area contributed by atoms with Gasteiger partial charge in [0.15, 0.2) is 0 Å². The largest absolute Gasteiger partial charge is 0.369 e. The lowest BCUT2D eigenvalue weighted by Gasteiger charge is -2.19. The average Bonchev–Trinajstić information content (AvgIpc) is 2.49. The second-order valence-electron chi connectivity index (χ2n) is 4.80. The number of carbonyl (C=O) groups excluding carboxylic acids is 2. The third kappa shape index (κ3) is 3.32. The third-order valence-electron chi connectivity index (χ3n) is 3.27. The molecule has 2 aromatic rings. The number of para-hydroxylation sites is 2. The fraction of sp³-hybridized carbons (Fsp3) is 0.0588. The molecule has 5 N–H and O–H groups in total. The Labute approximate surface area is 128 Å². The highest BCUT2D eigenvalue weighted by Crippen LogP contribution is 2.31. The Balaban J connectivity index is 2.44. The van der Waals surface area contributed by atoms with Crippen LogP contribution >= 0.6 is 0 Å². The van der Waals surface area contributed by atoms with E-state index in [-0.39, 0.29) is 5.57 Å². The van der Waals surface area contributed by atoms with Crippen molar-refractivity contribution >= 4 is 23.2 Å². The maximum atomic E-state index is 11.8. The topological polar surface area (TPSA) is 98.2 Å². The highest BCUT2D eigenvalue weighted by Gasteiger charge is 2.26. The summed E-state index contributed by atoms with van der Waals surface area (Å²) in [6.07, 6.45) is 0. The molecule has 0 aliphatic rings. The first-order valence-electron chi connectivity index (χ1n) is 6.69. The number of hydrogen-bond donors (Lipinski definition) is 3. The van der Waals surface area contributed by atoms with Crippen molar-refractivity contribution in [3.8, 4) is 0 Å². The molecule has 0 aliphatic heterocycles. The van der Waals surface area contributed by atoms with Crippen LogP contribution < -0.4 is 16.8 Å². The Morgan fingerprint density at radius 3 is 2.14 bits per heavy atom. The van der Waals surface area contributed by atoms with Gasteiger partial charge in [0, 0.05) is 16.9 Å². The molecule has 0 spiro atoms. The summed E-state index contributed by atoms with van der Waals surface area (Å²) in [5, 5.41) is 3.20. The van der Waals surface area contributed by atoms with E-state index in [9.17, 15) is 9.59 Å². The van der Waals surface area contributed by atoms with E-state index in [1.54, 1.807) is 18.2 Å². The predicted molar refractivity (Wildman–Crippen MR) is 86.4 cm³/mol. The van der Waals surface area contributed by atoms with E-state index < -0.39 is 17.7 Å². The van der Waals surface area contributed by atoms with Crippen LogP contribution in [0, 0.1) is 0 Å². The minimum atomic E-state index is -0.968. The molecule has 1 atom stereocenters. The molecule has 0 aromatic heterocycles. The van der Waals surface area contributed by atoms with Gasteiger partial charge in [-0.05, 0) is 23.8 Å². The lowest BCUT2D eigenvalue weighted by Crippen LogP contribution is -2.29. The van der Waals surface area contributed by atoms with Crippen molar-refractivity contribution < 1.29 is 9.59 Å². The van der Waals surface area contributed by atoms with Gasteiger partial charge in [-0.15, -0.1) is 0 Å². The van der Waals surface area contributed by atoms with Gasteiger partial charge < -0.3 is 16.8 Å². The van der Waals surface area contributed by atoms with Crippen molar-refractivity contribution in [2.75, 3.05) is 5.32 Å². The van der Waals surface area contributed by atoms with Crippen LogP contribution in [0.3, 0.4) is 0 Å². The lowest BCUT2D eigenvalue weighted by molar-refractivity contribution is -0.121. The third-order valence-corrected chi connectivity index (χ3v) is 3.27. The summed E-state index contributed by atoms with van der Waals surface area (Å²) in [5.74, 6) is -2.39. The summed E-state index contributed by atoms with van der Waals surface area (Å²) in [4.78, 5) is 23.2. The van der Waals surface area contributed by atoms with Crippen molar-refractivity contribution in [1.29, 1.82) is 0 Å². The molecule has 5 nitrogen and oxygen atoms in total. The summed E-state index contributed by atoms with van der Waals surface area (Å²) in [6.45, 7) is 3.60. The molecule has 2 amide bonds. The van der Waals surface area contributed by atoms with E-state index >= 15 is 0 Å². The fourth-order valence-corrected chi connectivity index (χ4v) is 2.19. The Kier molecular flexibility index (Phi) is 4.58. The van der Waals surface area contributed by atoms with Crippen LogP contribution in [0.2, 0.25) is 0 Å². The molecule has 1 unspecified atom stereocenters. The summed E-state index contributed by atoms with van der Waals surface area (Å²) in [7, 11) is 0. The van der Waals surface area contributed by atoms with Gasteiger partial charge in [0.2, 0.25) is 11.8 Å². The van der Waals surface area contributed by atoms with Gasteiger partial charge in [0.05, 0.1) is 5.92 Å². The zero-order valence-corrected chi connectivity index (χ0v) is 12.0. The Morgan fingerprint density at radius 2 is 1.55 bits per heavy atom. The molecule has 22 heavy (non-hydrogen) atoms. The number of nitrogens with two attached hydrogens (primary N) is 2. The normalized spacial score (nSPS) is 11.5. The van der Waals surface area contributed by atoms with Gasteiger partial charge in [0.1, 0.15) is 0 Å². The monoisotopic (exact) mass is 295 g/mol. The molecule has 0 radical (unpaired) electrons.